The number of rotatable bonds is 6. The van der Waals surface area contributed by atoms with Crippen LogP contribution in [0, 0.1) is 0 Å². The van der Waals surface area contributed by atoms with Crippen LogP contribution < -0.4 is 29.6 Å². The monoisotopic (exact) mass is 352 g/mol. The Morgan fingerprint density at radius 1 is 1.14 bits per heavy atom. The van der Waals surface area contributed by atoms with E-state index in [4.69, 9.17) is 0 Å². The number of alkyl halides is 4. The van der Waals surface area contributed by atoms with Gasteiger partial charge in [0.15, 0.2) is 10.1 Å². The Labute approximate surface area is 145 Å². The van der Waals surface area contributed by atoms with Crippen molar-refractivity contribution >= 4 is 16.1 Å². The van der Waals surface area contributed by atoms with Crippen LogP contribution in [0.5, 0.6) is 0 Å². The van der Waals surface area contributed by atoms with E-state index in [9.17, 15) is 35.3 Å². The van der Waals surface area contributed by atoms with E-state index in [2.05, 4.69) is 4.74 Å². The summed E-state index contributed by atoms with van der Waals surface area (Å²) in [7, 11) is -6.54. The molecule has 0 aromatic heterocycles. The number of carbonyl (C=O) groups excluding carboxylic acids is 1. The SMILES string of the molecule is O=C(OCCC(F)(F)C(F)(F)S(=O)(=O)[O-])c1ccccc1.[Na+]. The molecule has 0 saturated carbocycles. The summed E-state index contributed by atoms with van der Waals surface area (Å²) in [5, 5.41) is -5.78. The van der Waals surface area contributed by atoms with Crippen LogP contribution >= 0.6 is 0 Å². The van der Waals surface area contributed by atoms with Crippen LogP contribution in [-0.2, 0) is 14.9 Å². The maximum Gasteiger partial charge on any atom is 1.00 e. The Morgan fingerprint density at radius 3 is 2.09 bits per heavy atom. The Morgan fingerprint density at radius 2 is 1.64 bits per heavy atom. The minimum Gasteiger partial charge on any atom is -0.743 e. The molecule has 0 spiro atoms. The van der Waals surface area contributed by atoms with Gasteiger partial charge in [-0.05, 0) is 12.1 Å². The van der Waals surface area contributed by atoms with Crippen molar-refractivity contribution in [1.82, 2.24) is 0 Å². The number of carbonyl (C=O) groups is 1. The Bertz CT molecular complexity index is 606. The molecular formula is C11H9F4NaO5S. The van der Waals surface area contributed by atoms with E-state index in [1.807, 2.05) is 0 Å². The number of hydrogen-bond donors (Lipinski definition) is 0. The van der Waals surface area contributed by atoms with Gasteiger partial charge in [-0.3, -0.25) is 0 Å². The predicted molar refractivity (Wildman–Crippen MR) is 60.9 cm³/mol. The second-order valence-corrected chi connectivity index (χ2v) is 5.35. The molecule has 11 heteroatoms. The van der Waals surface area contributed by atoms with Crippen LogP contribution in [0.4, 0.5) is 17.6 Å². The Kier molecular flexibility index (Phi) is 7.49. The van der Waals surface area contributed by atoms with E-state index in [0.29, 0.717) is 0 Å². The van der Waals surface area contributed by atoms with Crippen molar-refractivity contribution in [2.75, 3.05) is 6.61 Å². The van der Waals surface area contributed by atoms with Crippen LogP contribution in [0.1, 0.15) is 16.8 Å². The molecule has 0 amide bonds. The number of halogens is 4. The summed E-state index contributed by atoms with van der Waals surface area (Å²) in [6.45, 7) is -1.17. The zero-order chi connectivity index (χ0) is 16.3. The zero-order valence-corrected chi connectivity index (χ0v) is 14.1. The third kappa shape index (κ3) is 4.92. The molecule has 0 unspecified atom stereocenters. The maximum atomic E-state index is 13.0. The smallest absolute Gasteiger partial charge is 0.743 e. The molecule has 0 bridgehead atoms. The normalized spacial score (nSPS) is 12.4. The van der Waals surface area contributed by atoms with E-state index in [0.717, 1.165) is 0 Å². The fraction of sp³-hybridized carbons (Fsp3) is 0.364. The number of hydrogen-bond acceptors (Lipinski definition) is 5. The van der Waals surface area contributed by atoms with Crippen LogP contribution in [0.15, 0.2) is 30.3 Å². The van der Waals surface area contributed by atoms with Gasteiger partial charge in [-0.2, -0.15) is 17.6 Å². The molecular weight excluding hydrogens is 343 g/mol. The average molecular weight is 352 g/mol. The molecule has 0 N–H and O–H groups in total. The van der Waals surface area contributed by atoms with Gasteiger partial charge < -0.3 is 9.29 Å². The third-order valence-corrected chi connectivity index (χ3v) is 3.33. The summed E-state index contributed by atoms with van der Waals surface area (Å²) >= 11 is 0. The number of esters is 1. The van der Waals surface area contributed by atoms with Crippen LogP contribution in [0.3, 0.4) is 0 Å². The number of benzene rings is 1. The van der Waals surface area contributed by atoms with Crippen LogP contribution in [0.25, 0.3) is 0 Å². The molecule has 22 heavy (non-hydrogen) atoms. The minimum absolute atomic E-state index is 0. The van der Waals surface area contributed by atoms with Gasteiger partial charge in [0.1, 0.15) is 0 Å². The van der Waals surface area contributed by atoms with E-state index >= 15 is 0 Å². The standard InChI is InChI=1S/C11H10F4O5S.Na/c12-10(13,11(14,15)21(17,18)19)6-7-20-9(16)8-4-2-1-3-5-8;/h1-5H,6-7H2,(H,17,18,19);/q;+1/p-1. The molecule has 0 aliphatic rings. The summed E-state index contributed by atoms with van der Waals surface area (Å²) in [5.74, 6) is -6.19. The maximum absolute atomic E-state index is 13.0. The first-order valence-electron chi connectivity index (χ1n) is 5.42. The second kappa shape index (κ2) is 7.73. The summed E-state index contributed by atoms with van der Waals surface area (Å²) in [6, 6.07) is 7.10. The van der Waals surface area contributed by atoms with Gasteiger partial charge in [-0.15, -0.1) is 0 Å². The van der Waals surface area contributed by atoms with Crippen LogP contribution in [0.2, 0.25) is 0 Å². The van der Waals surface area contributed by atoms with Gasteiger partial charge in [-0.1, -0.05) is 18.2 Å². The topological polar surface area (TPSA) is 83.5 Å². The molecule has 0 saturated heterocycles. The molecule has 118 valence electrons. The van der Waals surface area contributed by atoms with Crippen molar-refractivity contribution in [2.24, 2.45) is 0 Å². The van der Waals surface area contributed by atoms with E-state index in [1.165, 1.54) is 24.3 Å². The first-order chi connectivity index (χ1) is 9.49. The Balaban J connectivity index is 0.00000441. The second-order valence-electron chi connectivity index (χ2n) is 3.93. The van der Waals surface area contributed by atoms with Crippen molar-refractivity contribution in [3.05, 3.63) is 35.9 Å². The van der Waals surface area contributed by atoms with E-state index in [-0.39, 0.29) is 35.1 Å². The van der Waals surface area contributed by atoms with E-state index in [1.54, 1.807) is 6.07 Å². The fourth-order valence-corrected chi connectivity index (χ4v) is 1.73. The third-order valence-electron chi connectivity index (χ3n) is 2.40. The van der Waals surface area contributed by atoms with Gasteiger partial charge >= 0.3 is 46.7 Å². The quantitative estimate of drug-likeness (QED) is 0.284. The van der Waals surface area contributed by atoms with Gasteiger partial charge in [0.05, 0.1) is 18.6 Å². The van der Waals surface area contributed by atoms with Crippen molar-refractivity contribution in [3.8, 4) is 0 Å². The molecule has 0 atom stereocenters. The Hall–Kier alpha value is -0.680. The van der Waals surface area contributed by atoms with Gasteiger partial charge in [0.25, 0.3) is 0 Å². The van der Waals surface area contributed by atoms with Crippen molar-refractivity contribution in [2.45, 2.75) is 17.6 Å². The zero-order valence-electron chi connectivity index (χ0n) is 11.3. The molecule has 0 heterocycles. The first-order valence-corrected chi connectivity index (χ1v) is 6.83. The van der Waals surface area contributed by atoms with E-state index < -0.39 is 40.3 Å². The first kappa shape index (κ1) is 21.3. The average Bonchev–Trinajstić information content (AvgIpc) is 2.38. The van der Waals surface area contributed by atoms with Crippen molar-refractivity contribution in [3.63, 3.8) is 0 Å². The van der Waals surface area contributed by atoms with Crippen LogP contribution in [-0.4, -0.2) is 36.7 Å². The summed E-state index contributed by atoms with van der Waals surface area (Å²) < 4.78 is 86.3. The summed E-state index contributed by atoms with van der Waals surface area (Å²) in [5.41, 5.74) is 0.00372. The molecule has 0 aliphatic carbocycles. The summed E-state index contributed by atoms with van der Waals surface area (Å²) in [6.07, 6.45) is -1.81. The molecule has 5 nitrogen and oxygen atoms in total. The minimum atomic E-state index is -6.54. The summed E-state index contributed by atoms with van der Waals surface area (Å²) in [4.78, 5) is 11.3. The molecule has 1 rings (SSSR count). The number of ether oxygens (including phenoxy) is 1. The fourth-order valence-electron chi connectivity index (χ4n) is 1.26. The largest absolute Gasteiger partial charge is 1.00 e. The van der Waals surface area contributed by atoms with Crippen molar-refractivity contribution < 1.29 is 69.6 Å². The van der Waals surface area contributed by atoms with Crippen molar-refractivity contribution in [1.29, 1.82) is 0 Å². The molecule has 0 fully saturated rings. The molecule has 0 aliphatic heterocycles. The molecule has 0 radical (unpaired) electrons. The van der Waals surface area contributed by atoms with Gasteiger partial charge in [0.2, 0.25) is 0 Å². The molecule has 1 aromatic rings. The molecule has 1 aromatic carbocycles. The van der Waals surface area contributed by atoms with Gasteiger partial charge in [-0.25, -0.2) is 13.2 Å². The van der Waals surface area contributed by atoms with Gasteiger partial charge in [0, 0.05) is 0 Å². The predicted octanol–water partition coefficient (Wildman–Crippen LogP) is -0.989.